The minimum Gasteiger partial charge on any atom is -0.486 e. The normalized spacial score (nSPS) is 16.4. The molecule has 2 heterocycles. The highest BCUT2D eigenvalue weighted by Gasteiger charge is 2.21. The van der Waals surface area contributed by atoms with Gasteiger partial charge in [-0.2, -0.15) is 0 Å². The number of hydrogen-bond donors (Lipinski definition) is 1. The van der Waals surface area contributed by atoms with E-state index in [1.54, 1.807) is 11.3 Å². The van der Waals surface area contributed by atoms with Crippen LogP contribution in [-0.2, 0) is 6.42 Å². The number of para-hydroxylation sites is 2. The van der Waals surface area contributed by atoms with Crippen LogP contribution in [0.15, 0.2) is 30.3 Å². The lowest BCUT2D eigenvalue weighted by Gasteiger charge is -2.26. The van der Waals surface area contributed by atoms with Crippen molar-refractivity contribution in [2.75, 3.05) is 13.2 Å². The van der Waals surface area contributed by atoms with Crippen LogP contribution in [0.25, 0.3) is 0 Å². The number of aryl methyl sites for hydroxylation is 2. The number of fused-ring (bicyclic) bond motifs is 1. The van der Waals surface area contributed by atoms with E-state index in [2.05, 4.69) is 12.2 Å². The summed E-state index contributed by atoms with van der Waals surface area (Å²) in [7, 11) is 0. The summed E-state index contributed by atoms with van der Waals surface area (Å²) >= 11 is 1.56. The Bertz CT molecular complexity index is 680. The zero-order valence-electron chi connectivity index (χ0n) is 12.7. The number of ether oxygens (including phenoxy) is 2. The molecule has 0 fully saturated rings. The summed E-state index contributed by atoms with van der Waals surface area (Å²) in [5.74, 6) is 1.44. The van der Waals surface area contributed by atoms with Gasteiger partial charge in [0.25, 0.3) is 5.91 Å². The highest BCUT2D eigenvalue weighted by molar-refractivity contribution is 7.14. The van der Waals surface area contributed by atoms with E-state index in [9.17, 15) is 4.79 Å². The van der Waals surface area contributed by atoms with Crippen LogP contribution in [0, 0.1) is 6.92 Å². The van der Waals surface area contributed by atoms with Gasteiger partial charge in [-0.1, -0.05) is 19.1 Å². The molecule has 0 saturated heterocycles. The molecule has 5 heteroatoms. The molecule has 2 aromatic rings. The Balaban J connectivity index is 1.58. The van der Waals surface area contributed by atoms with Crippen LogP contribution in [0.2, 0.25) is 0 Å². The first kappa shape index (κ1) is 14.9. The van der Waals surface area contributed by atoms with Gasteiger partial charge in [-0.3, -0.25) is 4.79 Å². The fourth-order valence-corrected chi connectivity index (χ4v) is 3.47. The molecule has 0 spiro atoms. The van der Waals surface area contributed by atoms with Gasteiger partial charge in [-0.25, -0.2) is 0 Å². The van der Waals surface area contributed by atoms with Crippen LogP contribution in [0.5, 0.6) is 11.5 Å². The first-order chi connectivity index (χ1) is 10.7. The number of carbonyl (C=O) groups excluding carboxylic acids is 1. The molecule has 1 aromatic carbocycles. The summed E-state index contributed by atoms with van der Waals surface area (Å²) in [4.78, 5) is 14.2. The highest BCUT2D eigenvalue weighted by atomic mass is 32.1. The van der Waals surface area contributed by atoms with Gasteiger partial charge in [0.15, 0.2) is 11.5 Å². The molecule has 4 nitrogen and oxygen atoms in total. The zero-order valence-corrected chi connectivity index (χ0v) is 13.5. The molecular formula is C17H19NO3S. The van der Waals surface area contributed by atoms with E-state index in [1.165, 1.54) is 10.4 Å². The average molecular weight is 317 g/mol. The summed E-state index contributed by atoms with van der Waals surface area (Å²) in [6.45, 7) is 5.03. The van der Waals surface area contributed by atoms with Crippen LogP contribution >= 0.6 is 11.3 Å². The quantitative estimate of drug-likeness (QED) is 0.942. The molecule has 0 radical (unpaired) electrons. The predicted molar refractivity (Wildman–Crippen MR) is 87.1 cm³/mol. The van der Waals surface area contributed by atoms with Gasteiger partial charge in [0.2, 0.25) is 0 Å². The van der Waals surface area contributed by atoms with E-state index < -0.39 is 0 Å². The van der Waals surface area contributed by atoms with Crippen LogP contribution in [-0.4, -0.2) is 25.2 Å². The molecule has 1 atom stereocenters. The molecule has 116 valence electrons. The lowest BCUT2D eigenvalue weighted by Crippen LogP contribution is -2.40. The summed E-state index contributed by atoms with van der Waals surface area (Å²) < 4.78 is 11.5. The average Bonchev–Trinajstić information content (AvgIpc) is 2.93. The molecule has 1 amide bonds. The Kier molecular flexibility index (Phi) is 4.34. The summed E-state index contributed by atoms with van der Waals surface area (Å²) in [6, 6.07) is 9.52. The molecule has 0 aliphatic carbocycles. The summed E-state index contributed by atoms with van der Waals surface area (Å²) in [6.07, 6.45) is 0.797. The standard InChI is InChI=1S/C17H19NO3S/c1-3-15-11(2)8-16(22-15)17(19)18-9-12-10-20-13-6-4-5-7-14(13)21-12/h4-8,12H,3,9-10H2,1-2H3,(H,18,19). The maximum Gasteiger partial charge on any atom is 0.261 e. The SMILES string of the molecule is CCc1sc(C(=O)NCC2COc3ccccc3O2)cc1C. The van der Waals surface area contributed by atoms with Crippen molar-refractivity contribution in [3.8, 4) is 11.5 Å². The Hall–Kier alpha value is -2.01. The molecule has 22 heavy (non-hydrogen) atoms. The van der Waals surface area contributed by atoms with E-state index in [0.29, 0.717) is 13.2 Å². The number of hydrogen-bond acceptors (Lipinski definition) is 4. The van der Waals surface area contributed by atoms with E-state index in [-0.39, 0.29) is 12.0 Å². The van der Waals surface area contributed by atoms with Gasteiger partial charge >= 0.3 is 0 Å². The smallest absolute Gasteiger partial charge is 0.261 e. The number of benzene rings is 1. The Morgan fingerprint density at radius 3 is 2.86 bits per heavy atom. The Morgan fingerprint density at radius 2 is 2.14 bits per heavy atom. The zero-order chi connectivity index (χ0) is 15.5. The van der Waals surface area contributed by atoms with E-state index in [1.807, 2.05) is 37.3 Å². The Morgan fingerprint density at radius 1 is 1.36 bits per heavy atom. The minimum atomic E-state index is -0.162. The fourth-order valence-electron chi connectivity index (χ4n) is 2.44. The van der Waals surface area contributed by atoms with E-state index in [0.717, 1.165) is 22.8 Å². The van der Waals surface area contributed by atoms with Gasteiger partial charge in [-0.15, -0.1) is 11.3 Å². The topological polar surface area (TPSA) is 47.6 Å². The van der Waals surface area contributed by atoms with Crippen molar-refractivity contribution in [1.29, 1.82) is 0 Å². The van der Waals surface area contributed by atoms with Crippen LogP contribution in [0.1, 0.15) is 27.0 Å². The number of amides is 1. The van der Waals surface area contributed by atoms with Crippen molar-refractivity contribution in [3.05, 3.63) is 45.6 Å². The second-order valence-corrected chi connectivity index (χ2v) is 6.41. The highest BCUT2D eigenvalue weighted by Crippen LogP contribution is 2.30. The molecule has 1 aromatic heterocycles. The largest absolute Gasteiger partial charge is 0.486 e. The van der Waals surface area contributed by atoms with Crippen molar-refractivity contribution >= 4 is 17.2 Å². The third kappa shape index (κ3) is 3.09. The first-order valence-electron chi connectivity index (χ1n) is 7.43. The number of carbonyl (C=O) groups is 1. The second-order valence-electron chi connectivity index (χ2n) is 5.28. The van der Waals surface area contributed by atoms with Crippen LogP contribution in [0.3, 0.4) is 0 Å². The van der Waals surface area contributed by atoms with Crippen molar-refractivity contribution in [2.24, 2.45) is 0 Å². The first-order valence-corrected chi connectivity index (χ1v) is 8.25. The molecular weight excluding hydrogens is 298 g/mol. The van der Waals surface area contributed by atoms with Crippen molar-refractivity contribution in [1.82, 2.24) is 5.32 Å². The second kappa shape index (κ2) is 6.40. The van der Waals surface area contributed by atoms with Gasteiger partial charge in [-0.05, 0) is 37.1 Å². The molecule has 0 saturated carbocycles. The van der Waals surface area contributed by atoms with E-state index in [4.69, 9.17) is 9.47 Å². The molecule has 0 bridgehead atoms. The minimum absolute atomic E-state index is 0.0461. The van der Waals surface area contributed by atoms with Crippen LogP contribution in [0.4, 0.5) is 0 Å². The summed E-state index contributed by atoms with van der Waals surface area (Å²) in [5.41, 5.74) is 1.18. The number of rotatable bonds is 4. The molecule has 1 unspecified atom stereocenters. The maximum atomic E-state index is 12.2. The van der Waals surface area contributed by atoms with Crippen molar-refractivity contribution in [2.45, 2.75) is 26.4 Å². The number of nitrogens with one attached hydrogen (secondary N) is 1. The van der Waals surface area contributed by atoms with Gasteiger partial charge in [0.1, 0.15) is 12.7 Å². The van der Waals surface area contributed by atoms with Gasteiger partial charge in [0, 0.05) is 4.88 Å². The maximum absolute atomic E-state index is 12.2. The predicted octanol–water partition coefficient (Wildman–Crippen LogP) is 3.19. The van der Waals surface area contributed by atoms with E-state index >= 15 is 0 Å². The third-order valence-electron chi connectivity index (χ3n) is 3.62. The van der Waals surface area contributed by atoms with Gasteiger partial charge < -0.3 is 14.8 Å². The van der Waals surface area contributed by atoms with Crippen molar-refractivity contribution < 1.29 is 14.3 Å². The monoisotopic (exact) mass is 317 g/mol. The molecule has 3 rings (SSSR count). The fraction of sp³-hybridized carbons (Fsp3) is 0.353. The van der Waals surface area contributed by atoms with Gasteiger partial charge in [0.05, 0.1) is 11.4 Å². The Labute approximate surface area is 134 Å². The number of thiophene rings is 1. The lowest BCUT2D eigenvalue weighted by molar-refractivity contribution is 0.0791. The third-order valence-corrected chi connectivity index (χ3v) is 5.00. The lowest BCUT2D eigenvalue weighted by atomic mass is 10.2. The molecule has 1 aliphatic rings. The molecule has 1 N–H and O–H groups in total. The summed E-state index contributed by atoms with van der Waals surface area (Å²) in [5, 5.41) is 2.93. The van der Waals surface area contributed by atoms with Crippen molar-refractivity contribution in [3.63, 3.8) is 0 Å². The molecule has 1 aliphatic heterocycles. The van der Waals surface area contributed by atoms with Crippen LogP contribution < -0.4 is 14.8 Å².